The summed E-state index contributed by atoms with van der Waals surface area (Å²) in [5.74, 6) is 0.0690. The van der Waals surface area contributed by atoms with Gasteiger partial charge in [0.25, 0.3) is 5.91 Å². The largest absolute Gasteiger partial charge is 0.353 e. The van der Waals surface area contributed by atoms with E-state index in [0.29, 0.717) is 9.75 Å². The molecule has 1 saturated heterocycles. The zero-order valence-electron chi connectivity index (χ0n) is 13.6. The zero-order chi connectivity index (χ0) is 16.4. The summed E-state index contributed by atoms with van der Waals surface area (Å²) in [6.45, 7) is 2.32. The van der Waals surface area contributed by atoms with Crippen LogP contribution < -0.4 is 0 Å². The van der Waals surface area contributed by atoms with E-state index in [2.05, 4.69) is 10.6 Å². The summed E-state index contributed by atoms with van der Waals surface area (Å²) in [5, 5.41) is 0. The number of likely N-dealkylation sites (tertiary alicyclic amines) is 1. The lowest BCUT2D eigenvalue weighted by Gasteiger charge is -2.30. The van der Waals surface area contributed by atoms with Crippen molar-refractivity contribution >= 4 is 23.0 Å². The Bertz CT molecular complexity index is 716. The average Bonchev–Trinajstić information content (AvgIpc) is 3.11. The van der Waals surface area contributed by atoms with Gasteiger partial charge in [-0.2, -0.15) is 0 Å². The van der Waals surface area contributed by atoms with E-state index in [4.69, 9.17) is 0 Å². The van der Waals surface area contributed by atoms with E-state index < -0.39 is 0 Å². The Morgan fingerprint density at radius 3 is 2.57 bits per heavy atom. The van der Waals surface area contributed by atoms with Gasteiger partial charge in [-0.3, -0.25) is 9.59 Å². The lowest BCUT2D eigenvalue weighted by atomic mass is 10.1. The number of nitrogens with zero attached hydrogens (tertiary/aromatic N) is 2. The Hall–Kier alpha value is -1.88. The highest BCUT2D eigenvalue weighted by Crippen LogP contribution is 2.32. The van der Waals surface area contributed by atoms with Crippen LogP contribution in [0.2, 0.25) is 0 Å². The fourth-order valence-electron chi connectivity index (χ4n) is 3.26. The number of carbonyl (C=O) groups excluding carboxylic acids is 2. The van der Waals surface area contributed by atoms with Gasteiger partial charge in [0.2, 0.25) is 0 Å². The van der Waals surface area contributed by atoms with E-state index >= 15 is 0 Å². The van der Waals surface area contributed by atoms with Crippen LogP contribution in [0.5, 0.6) is 0 Å². The van der Waals surface area contributed by atoms with Crippen LogP contribution in [-0.4, -0.2) is 27.7 Å². The molecule has 2 aromatic rings. The topological polar surface area (TPSA) is 42.3 Å². The van der Waals surface area contributed by atoms with E-state index in [1.807, 2.05) is 24.2 Å². The Kier molecular flexibility index (Phi) is 4.66. The molecule has 0 bridgehead atoms. The molecular weight excluding hydrogens is 308 g/mol. The minimum atomic E-state index is 0.0175. The monoisotopic (exact) mass is 330 g/mol. The van der Waals surface area contributed by atoms with Gasteiger partial charge in [-0.05, 0) is 44.0 Å². The van der Waals surface area contributed by atoms with Crippen molar-refractivity contribution in [1.29, 1.82) is 0 Å². The molecule has 4 nitrogen and oxygen atoms in total. The Morgan fingerprint density at radius 1 is 1.13 bits per heavy atom. The van der Waals surface area contributed by atoms with Crippen molar-refractivity contribution < 1.29 is 9.59 Å². The second kappa shape index (κ2) is 6.71. The maximum absolute atomic E-state index is 13.0. The third kappa shape index (κ3) is 3.24. The molecule has 3 rings (SSSR count). The number of aromatic nitrogens is 1. The van der Waals surface area contributed by atoms with Gasteiger partial charge < -0.3 is 9.47 Å². The van der Waals surface area contributed by atoms with Gasteiger partial charge in [0, 0.05) is 25.5 Å². The van der Waals surface area contributed by atoms with Crippen LogP contribution in [-0.2, 0) is 7.05 Å². The molecule has 0 aromatic carbocycles. The van der Waals surface area contributed by atoms with Crippen molar-refractivity contribution in [3.05, 3.63) is 45.9 Å². The summed E-state index contributed by atoms with van der Waals surface area (Å²) >= 11 is 1.31. The first-order valence-electron chi connectivity index (χ1n) is 8.11. The number of carbonyl (C=O) groups is 2. The Balaban J connectivity index is 1.91. The van der Waals surface area contributed by atoms with Crippen LogP contribution in [0.3, 0.4) is 0 Å². The zero-order valence-corrected chi connectivity index (χ0v) is 14.4. The predicted molar refractivity (Wildman–Crippen MR) is 92.0 cm³/mol. The third-order valence-electron chi connectivity index (χ3n) is 4.50. The predicted octanol–water partition coefficient (Wildman–Crippen LogP) is 4.05. The highest BCUT2D eigenvalue weighted by Gasteiger charge is 2.29. The molecule has 3 heterocycles. The first-order chi connectivity index (χ1) is 11.1. The van der Waals surface area contributed by atoms with Gasteiger partial charge in [-0.25, -0.2) is 0 Å². The molecule has 1 aliphatic heterocycles. The molecule has 5 heteroatoms. The van der Waals surface area contributed by atoms with Gasteiger partial charge in [0.1, 0.15) is 0 Å². The quantitative estimate of drug-likeness (QED) is 0.797. The number of Topliss-reactive ketones (excluding diaryl/α,β-unsaturated/α-hetero) is 1. The average molecular weight is 330 g/mol. The Labute approximate surface area is 140 Å². The molecule has 0 radical (unpaired) electrons. The van der Waals surface area contributed by atoms with Gasteiger partial charge in [-0.1, -0.05) is 12.8 Å². The maximum atomic E-state index is 13.0. The van der Waals surface area contributed by atoms with Crippen molar-refractivity contribution in [2.75, 3.05) is 6.54 Å². The van der Waals surface area contributed by atoms with Crippen molar-refractivity contribution in [1.82, 2.24) is 9.47 Å². The number of amides is 1. The number of aryl methyl sites for hydroxylation is 1. The van der Waals surface area contributed by atoms with E-state index in [1.54, 1.807) is 19.1 Å². The van der Waals surface area contributed by atoms with Crippen molar-refractivity contribution in [3.8, 4) is 0 Å². The van der Waals surface area contributed by atoms with E-state index in [0.717, 1.165) is 32.2 Å². The molecule has 1 atom stereocenters. The fourth-order valence-corrected chi connectivity index (χ4v) is 4.12. The van der Waals surface area contributed by atoms with Crippen LogP contribution in [0.4, 0.5) is 0 Å². The minimum absolute atomic E-state index is 0.0175. The lowest BCUT2D eigenvalue weighted by Crippen LogP contribution is -2.35. The molecule has 1 aliphatic rings. The van der Waals surface area contributed by atoms with Crippen molar-refractivity contribution in [2.24, 2.45) is 7.05 Å². The normalized spacial score (nSPS) is 18.7. The summed E-state index contributed by atoms with van der Waals surface area (Å²) in [4.78, 5) is 27.8. The van der Waals surface area contributed by atoms with Crippen LogP contribution in [0.25, 0.3) is 0 Å². The summed E-state index contributed by atoms with van der Waals surface area (Å²) < 4.78 is 2.10. The van der Waals surface area contributed by atoms with E-state index in [1.165, 1.54) is 17.0 Å². The molecule has 0 unspecified atom stereocenters. The molecule has 1 amide bonds. The fraction of sp³-hybridized carbons (Fsp3) is 0.444. The lowest BCUT2D eigenvalue weighted by molar-refractivity contribution is 0.0679. The molecule has 0 saturated carbocycles. The molecular formula is C18H22N2O2S. The number of hydrogen-bond donors (Lipinski definition) is 0. The van der Waals surface area contributed by atoms with Crippen LogP contribution in [0, 0.1) is 0 Å². The van der Waals surface area contributed by atoms with Gasteiger partial charge in [-0.15, -0.1) is 11.3 Å². The summed E-state index contributed by atoms with van der Waals surface area (Å²) in [5.41, 5.74) is 1.18. The van der Waals surface area contributed by atoms with Crippen LogP contribution >= 0.6 is 11.3 Å². The standard InChI is InChI=1S/C18H22N2O2S/c1-13(21)16-9-10-17(23-16)18(22)20-12-5-3-4-7-15(20)14-8-6-11-19(14)2/h6,8-11,15H,3-5,7,12H2,1-2H3/t15-/m1/s1. The van der Waals surface area contributed by atoms with Gasteiger partial charge in [0.05, 0.1) is 15.8 Å². The summed E-state index contributed by atoms with van der Waals surface area (Å²) in [6, 6.07) is 7.80. The van der Waals surface area contributed by atoms with Crippen LogP contribution in [0.1, 0.15) is 63.7 Å². The maximum Gasteiger partial charge on any atom is 0.264 e. The Morgan fingerprint density at radius 2 is 1.91 bits per heavy atom. The summed E-state index contributed by atoms with van der Waals surface area (Å²) in [7, 11) is 2.03. The number of hydrogen-bond acceptors (Lipinski definition) is 3. The first kappa shape index (κ1) is 16.0. The van der Waals surface area contributed by atoms with E-state index in [9.17, 15) is 9.59 Å². The highest BCUT2D eigenvalue weighted by atomic mass is 32.1. The highest BCUT2D eigenvalue weighted by molar-refractivity contribution is 7.15. The van der Waals surface area contributed by atoms with E-state index in [-0.39, 0.29) is 17.7 Å². The summed E-state index contributed by atoms with van der Waals surface area (Å²) in [6.07, 6.45) is 6.37. The molecule has 0 aliphatic carbocycles. The molecule has 122 valence electrons. The van der Waals surface area contributed by atoms with Gasteiger partial charge >= 0.3 is 0 Å². The number of ketones is 1. The molecule has 23 heavy (non-hydrogen) atoms. The molecule has 0 spiro atoms. The SMILES string of the molecule is CC(=O)c1ccc(C(=O)N2CCCCC[C@@H]2c2cccn2C)s1. The van der Waals surface area contributed by atoms with Crippen molar-refractivity contribution in [2.45, 2.75) is 38.6 Å². The smallest absolute Gasteiger partial charge is 0.264 e. The number of rotatable bonds is 3. The van der Waals surface area contributed by atoms with Crippen LogP contribution in [0.15, 0.2) is 30.5 Å². The number of thiophene rings is 1. The molecule has 1 fully saturated rings. The molecule has 2 aromatic heterocycles. The molecule has 0 N–H and O–H groups in total. The second-order valence-electron chi connectivity index (χ2n) is 6.13. The third-order valence-corrected chi connectivity index (χ3v) is 5.68. The first-order valence-corrected chi connectivity index (χ1v) is 8.92. The van der Waals surface area contributed by atoms with Gasteiger partial charge in [0.15, 0.2) is 5.78 Å². The minimum Gasteiger partial charge on any atom is -0.353 e. The van der Waals surface area contributed by atoms with Crippen molar-refractivity contribution in [3.63, 3.8) is 0 Å². The second-order valence-corrected chi connectivity index (χ2v) is 7.21.